The van der Waals surface area contributed by atoms with Gasteiger partial charge in [0.2, 0.25) is 5.69 Å². The van der Waals surface area contributed by atoms with E-state index in [0.29, 0.717) is 10.2 Å². The largest absolute Gasteiger partial charge is 0.461 e. The van der Waals surface area contributed by atoms with Gasteiger partial charge < -0.3 is 13.4 Å². The Morgan fingerprint density at radius 3 is 2.60 bits per heavy atom. The van der Waals surface area contributed by atoms with Gasteiger partial charge in [-0.15, -0.1) is 0 Å². The number of esters is 1. The predicted octanol–water partition coefficient (Wildman–Crippen LogP) is 2.54. The normalized spacial score (nSPS) is 11.3. The molecule has 0 radical (unpaired) electrons. The zero-order chi connectivity index (χ0) is 22.1. The molecular formula is C18H16BrN3O7S. The quantitative estimate of drug-likeness (QED) is 0.372. The van der Waals surface area contributed by atoms with Crippen molar-refractivity contribution in [1.82, 2.24) is 14.9 Å². The molecule has 0 atom stereocenters. The summed E-state index contributed by atoms with van der Waals surface area (Å²) in [7, 11) is -4.46. The van der Waals surface area contributed by atoms with E-state index in [4.69, 9.17) is 13.4 Å². The Morgan fingerprint density at radius 2 is 2.00 bits per heavy atom. The summed E-state index contributed by atoms with van der Waals surface area (Å²) in [5.74, 6) is -1.52. The summed E-state index contributed by atoms with van der Waals surface area (Å²) in [5.41, 5.74) is -0.780. The molecule has 158 valence electrons. The Bertz CT molecular complexity index is 1260. The van der Waals surface area contributed by atoms with Crippen molar-refractivity contribution in [2.75, 3.05) is 6.61 Å². The van der Waals surface area contributed by atoms with Crippen LogP contribution >= 0.6 is 15.9 Å². The van der Waals surface area contributed by atoms with Crippen LogP contribution in [0.1, 0.15) is 28.9 Å². The van der Waals surface area contributed by atoms with Crippen LogP contribution in [-0.2, 0) is 14.9 Å². The number of benzene rings is 1. The van der Waals surface area contributed by atoms with E-state index in [9.17, 15) is 18.0 Å². The zero-order valence-corrected chi connectivity index (χ0v) is 18.5. The van der Waals surface area contributed by atoms with Gasteiger partial charge >= 0.3 is 16.1 Å². The molecule has 3 rings (SSSR count). The molecule has 0 saturated heterocycles. The van der Waals surface area contributed by atoms with Crippen LogP contribution < -0.4 is 9.74 Å². The predicted molar refractivity (Wildman–Crippen MR) is 107 cm³/mol. The fourth-order valence-electron chi connectivity index (χ4n) is 2.63. The number of carbonyl (C=O) groups is 1. The average Bonchev–Trinajstić information content (AvgIpc) is 3.01. The van der Waals surface area contributed by atoms with Gasteiger partial charge in [-0.2, -0.15) is 18.2 Å². The third kappa shape index (κ3) is 4.28. The molecule has 0 amide bonds. The van der Waals surface area contributed by atoms with E-state index in [0.717, 1.165) is 10.7 Å². The lowest BCUT2D eigenvalue weighted by Crippen LogP contribution is -2.26. The van der Waals surface area contributed by atoms with Gasteiger partial charge in [-0.3, -0.25) is 4.79 Å². The number of ether oxygens (including phenoxy) is 1. The van der Waals surface area contributed by atoms with Gasteiger partial charge in [-0.05, 0) is 39.0 Å². The second-order valence-corrected chi connectivity index (χ2v) is 8.40. The summed E-state index contributed by atoms with van der Waals surface area (Å²) in [6.07, 6.45) is 0. The summed E-state index contributed by atoms with van der Waals surface area (Å²) >= 11 is 3.29. The maximum absolute atomic E-state index is 12.7. The summed E-state index contributed by atoms with van der Waals surface area (Å²) in [5, 5.41) is 7.57. The van der Waals surface area contributed by atoms with Crippen molar-refractivity contribution in [2.45, 2.75) is 25.7 Å². The maximum atomic E-state index is 12.7. The van der Waals surface area contributed by atoms with Crippen molar-refractivity contribution < 1.29 is 26.7 Å². The van der Waals surface area contributed by atoms with E-state index in [2.05, 4.69) is 26.2 Å². The molecule has 2 heterocycles. The van der Waals surface area contributed by atoms with Gasteiger partial charge in [-0.1, -0.05) is 27.2 Å². The summed E-state index contributed by atoms with van der Waals surface area (Å²) < 4.78 is 42.0. The highest BCUT2D eigenvalue weighted by Crippen LogP contribution is 2.26. The summed E-state index contributed by atoms with van der Waals surface area (Å²) in [6, 6.07) is 7.47. The molecule has 12 heteroatoms. The average molecular weight is 498 g/mol. The zero-order valence-electron chi connectivity index (χ0n) is 16.1. The molecule has 0 bridgehead atoms. The molecule has 0 saturated carbocycles. The van der Waals surface area contributed by atoms with Crippen LogP contribution in [0.5, 0.6) is 5.75 Å². The number of halogens is 1. The molecule has 2 aromatic heterocycles. The number of aromatic nitrogens is 3. The first kappa shape index (κ1) is 21.7. The van der Waals surface area contributed by atoms with Crippen LogP contribution in [0.2, 0.25) is 0 Å². The Hall–Kier alpha value is -2.99. The summed E-state index contributed by atoms with van der Waals surface area (Å²) in [6.45, 7) is 4.39. The molecule has 0 aliphatic carbocycles. The number of hydrogen-bond donors (Lipinski definition) is 0. The molecule has 0 aliphatic rings. The first-order valence-corrected chi connectivity index (χ1v) is 10.8. The Labute approximate surface area is 179 Å². The van der Waals surface area contributed by atoms with E-state index in [1.54, 1.807) is 31.2 Å². The molecular weight excluding hydrogens is 482 g/mol. The van der Waals surface area contributed by atoms with E-state index in [1.165, 1.54) is 13.8 Å². The molecule has 0 aliphatic heterocycles. The van der Waals surface area contributed by atoms with Crippen LogP contribution in [0.4, 0.5) is 0 Å². The molecule has 0 spiro atoms. The van der Waals surface area contributed by atoms with Crippen LogP contribution in [0, 0.1) is 13.8 Å². The molecule has 30 heavy (non-hydrogen) atoms. The monoisotopic (exact) mass is 497 g/mol. The molecule has 10 nitrogen and oxygen atoms in total. The van der Waals surface area contributed by atoms with E-state index >= 15 is 0 Å². The third-order valence-electron chi connectivity index (χ3n) is 3.84. The van der Waals surface area contributed by atoms with E-state index in [-0.39, 0.29) is 23.0 Å². The van der Waals surface area contributed by atoms with Gasteiger partial charge in [0.25, 0.3) is 5.56 Å². The van der Waals surface area contributed by atoms with Gasteiger partial charge in [0.05, 0.1) is 18.4 Å². The van der Waals surface area contributed by atoms with Gasteiger partial charge in [0.15, 0.2) is 16.4 Å². The van der Waals surface area contributed by atoms with Crippen molar-refractivity contribution in [3.05, 3.63) is 62.3 Å². The van der Waals surface area contributed by atoms with Crippen molar-refractivity contribution in [3.8, 4) is 11.4 Å². The maximum Gasteiger partial charge on any atom is 0.362 e. The number of rotatable bonds is 6. The van der Waals surface area contributed by atoms with Crippen molar-refractivity contribution in [2.24, 2.45) is 0 Å². The minimum atomic E-state index is -4.46. The highest BCUT2D eigenvalue weighted by Gasteiger charge is 2.30. The van der Waals surface area contributed by atoms with E-state index < -0.39 is 33.1 Å². The highest BCUT2D eigenvalue weighted by atomic mass is 79.9. The fourth-order valence-corrected chi connectivity index (χ4v) is 4.25. The SMILES string of the molecule is CCOC(=O)c1nn(-c2cccc(Br)c2)c(=O)cc1OS(=O)(=O)c1c(C)noc1C. The Kier molecular flexibility index (Phi) is 6.08. The molecule has 0 N–H and O–H groups in total. The molecule has 0 unspecified atom stereocenters. The topological polar surface area (TPSA) is 131 Å². The first-order chi connectivity index (χ1) is 14.1. The Morgan fingerprint density at radius 1 is 1.27 bits per heavy atom. The highest BCUT2D eigenvalue weighted by molar-refractivity contribution is 9.10. The second-order valence-electron chi connectivity index (χ2n) is 6.00. The Balaban J connectivity index is 2.16. The van der Waals surface area contributed by atoms with E-state index in [1.807, 2.05) is 0 Å². The van der Waals surface area contributed by atoms with Crippen LogP contribution in [0.25, 0.3) is 5.69 Å². The van der Waals surface area contributed by atoms with Crippen LogP contribution in [0.15, 0.2) is 49.0 Å². The lowest BCUT2D eigenvalue weighted by molar-refractivity contribution is 0.0515. The number of carbonyl (C=O) groups excluding carboxylic acids is 1. The lowest BCUT2D eigenvalue weighted by Gasteiger charge is -2.12. The standard InChI is InChI=1S/C18H16BrN3O7S/c1-4-27-18(24)16-14(29-30(25,26)17-10(2)21-28-11(17)3)9-15(23)22(20-16)13-7-5-6-12(19)8-13/h5-9H,4H2,1-3H3. The molecule has 1 aromatic carbocycles. The summed E-state index contributed by atoms with van der Waals surface area (Å²) in [4.78, 5) is 24.7. The van der Waals surface area contributed by atoms with Gasteiger partial charge in [-0.25, -0.2) is 4.79 Å². The van der Waals surface area contributed by atoms with Crippen molar-refractivity contribution in [1.29, 1.82) is 0 Å². The minimum absolute atomic E-state index is 0.000576. The smallest absolute Gasteiger partial charge is 0.362 e. The van der Waals surface area contributed by atoms with Crippen molar-refractivity contribution in [3.63, 3.8) is 0 Å². The molecule has 3 aromatic rings. The number of aryl methyl sites for hydroxylation is 2. The van der Waals surface area contributed by atoms with Crippen molar-refractivity contribution >= 4 is 32.0 Å². The number of hydrogen-bond acceptors (Lipinski definition) is 9. The van der Waals surface area contributed by atoms with Gasteiger partial charge in [0, 0.05) is 4.47 Å². The van der Waals surface area contributed by atoms with Gasteiger partial charge in [0.1, 0.15) is 5.69 Å². The first-order valence-electron chi connectivity index (χ1n) is 8.59. The molecule has 0 fully saturated rings. The number of nitrogens with zero attached hydrogens (tertiary/aromatic N) is 3. The van der Waals surface area contributed by atoms with Crippen LogP contribution in [-0.4, -0.2) is 35.9 Å². The second kappa shape index (κ2) is 8.40. The minimum Gasteiger partial charge on any atom is -0.461 e. The third-order valence-corrected chi connectivity index (χ3v) is 5.81. The van der Waals surface area contributed by atoms with Crippen LogP contribution in [0.3, 0.4) is 0 Å². The lowest BCUT2D eigenvalue weighted by atomic mass is 10.3. The fraction of sp³-hybridized carbons (Fsp3) is 0.222.